The van der Waals surface area contributed by atoms with E-state index in [1.54, 1.807) is 13.2 Å². The van der Waals surface area contributed by atoms with Gasteiger partial charge < -0.3 is 14.5 Å². The smallest absolute Gasteiger partial charge is 0.150 e. The first-order valence-corrected chi connectivity index (χ1v) is 7.66. The number of anilines is 1. The van der Waals surface area contributed by atoms with Crippen LogP contribution in [0.1, 0.15) is 25.7 Å². The van der Waals surface area contributed by atoms with Gasteiger partial charge in [0.2, 0.25) is 0 Å². The number of benzene rings is 1. The Kier molecular flexibility index (Phi) is 3.85. The summed E-state index contributed by atoms with van der Waals surface area (Å²) in [7, 11) is 3.84. The highest BCUT2D eigenvalue weighted by atomic mass is 16.5. The molecule has 0 aliphatic carbocycles. The molecule has 5 heteroatoms. The largest absolute Gasteiger partial charge is 0.494 e. The van der Waals surface area contributed by atoms with Crippen LogP contribution < -0.4 is 9.64 Å². The predicted octanol–water partition coefficient (Wildman–Crippen LogP) is 3.16. The first-order valence-electron chi connectivity index (χ1n) is 7.66. The van der Waals surface area contributed by atoms with Crippen LogP contribution in [0.5, 0.6) is 5.75 Å². The topological polar surface area (TPSA) is 45.1 Å². The summed E-state index contributed by atoms with van der Waals surface area (Å²) in [6, 6.07) is 5.63. The van der Waals surface area contributed by atoms with E-state index in [9.17, 15) is 4.91 Å². The van der Waals surface area contributed by atoms with E-state index in [-0.39, 0.29) is 0 Å². The maximum absolute atomic E-state index is 10.7. The van der Waals surface area contributed by atoms with Crippen LogP contribution in [0.3, 0.4) is 0 Å². The Morgan fingerprint density at radius 2 is 1.95 bits per heavy atom. The van der Waals surface area contributed by atoms with Crippen molar-refractivity contribution in [3.05, 3.63) is 23.1 Å². The number of hydrogen-bond donors (Lipinski definition) is 0. The number of piperidine rings is 1. The van der Waals surface area contributed by atoms with Gasteiger partial charge in [-0.25, -0.2) is 0 Å². The van der Waals surface area contributed by atoms with Crippen LogP contribution in [-0.4, -0.2) is 44.2 Å². The van der Waals surface area contributed by atoms with Crippen LogP contribution in [0, 0.1) is 4.91 Å². The van der Waals surface area contributed by atoms with Crippen molar-refractivity contribution in [1.82, 2.24) is 4.90 Å². The third kappa shape index (κ3) is 2.50. The molecule has 21 heavy (non-hydrogen) atoms. The molecule has 1 aromatic rings. The highest BCUT2D eigenvalue weighted by Gasteiger charge is 2.41. The number of nitroso groups, excluding NO2 is 1. The first-order chi connectivity index (χ1) is 10.2. The van der Waals surface area contributed by atoms with E-state index >= 15 is 0 Å². The summed E-state index contributed by atoms with van der Waals surface area (Å²) in [5, 5.41) is 3.00. The average Bonchev–Trinajstić information content (AvgIpc) is 2.88. The van der Waals surface area contributed by atoms with Gasteiger partial charge in [0.05, 0.1) is 7.11 Å². The molecule has 0 atom stereocenters. The van der Waals surface area contributed by atoms with Crippen LogP contribution in [-0.2, 0) is 0 Å². The standard InChI is InChI=1S/C16H23N3O2/c1-18-9-3-6-16(18)7-10-19(11-8-16)13-4-5-14(17-20)15(12-13)21-2/h4-5,12H,3,6-11H2,1-2H3. The molecule has 114 valence electrons. The highest BCUT2D eigenvalue weighted by Crippen LogP contribution is 2.39. The summed E-state index contributed by atoms with van der Waals surface area (Å²) in [6.07, 6.45) is 5.07. The maximum atomic E-state index is 10.7. The molecular formula is C16H23N3O2. The van der Waals surface area contributed by atoms with Crippen LogP contribution in [0.2, 0.25) is 0 Å². The van der Waals surface area contributed by atoms with E-state index in [1.807, 2.05) is 12.1 Å². The number of likely N-dealkylation sites (tertiary alicyclic amines) is 1. The Balaban J connectivity index is 1.73. The number of rotatable bonds is 3. The summed E-state index contributed by atoms with van der Waals surface area (Å²) >= 11 is 0. The minimum absolute atomic E-state index is 0.366. The van der Waals surface area contributed by atoms with Crippen LogP contribution in [0.4, 0.5) is 11.4 Å². The van der Waals surface area contributed by atoms with Crippen LogP contribution >= 0.6 is 0 Å². The molecule has 2 aliphatic rings. The van der Waals surface area contributed by atoms with Crippen molar-refractivity contribution in [1.29, 1.82) is 0 Å². The Bertz CT molecular complexity index is 524. The normalized spacial score (nSPS) is 21.7. The van der Waals surface area contributed by atoms with Crippen molar-refractivity contribution in [2.45, 2.75) is 31.2 Å². The number of methoxy groups -OCH3 is 1. The average molecular weight is 289 g/mol. The SMILES string of the molecule is COc1cc(N2CCC3(CCCN3C)CC2)ccc1N=O. The van der Waals surface area contributed by atoms with Crippen molar-refractivity contribution in [3.8, 4) is 5.75 Å². The molecule has 1 spiro atoms. The van der Waals surface area contributed by atoms with E-state index in [4.69, 9.17) is 4.74 Å². The lowest BCUT2D eigenvalue weighted by Crippen LogP contribution is -2.50. The molecule has 0 bridgehead atoms. The van der Waals surface area contributed by atoms with E-state index in [2.05, 4.69) is 22.0 Å². The van der Waals surface area contributed by atoms with Gasteiger partial charge in [-0.05, 0) is 56.6 Å². The molecule has 2 aliphatic heterocycles. The summed E-state index contributed by atoms with van der Waals surface area (Å²) in [5.74, 6) is 0.556. The Morgan fingerprint density at radius 3 is 2.52 bits per heavy atom. The van der Waals surface area contributed by atoms with Crippen molar-refractivity contribution in [3.63, 3.8) is 0 Å². The molecule has 2 fully saturated rings. The summed E-state index contributed by atoms with van der Waals surface area (Å²) in [4.78, 5) is 15.7. The number of ether oxygens (including phenoxy) is 1. The van der Waals surface area contributed by atoms with E-state index in [1.165, 1.54) is 32.2 Å². The fourth-order valence-electron chi connectivity index (χ4n) is 3.82. The minimum atomic E-state index is 0.366. The fourth-order valence-corrected chi connectivity index (χ4v) is 3.82. The van der Waals surface area contributed by atoms with Gasteiger partial charge in [0, 0.05) is 30.4 Å². The van der Waals surface area contributed by atoms with Gasteiger partial charge in [-0.2, -0.15) is 0 Å². The van der Waals surface area contributed by atoms with Gasteiger partial charge >= 0.3 is 0 Å². The lowest BCUT2D eigenvalue weighted by Gasteiger charge is -2.44. The van der Waals surface area contributed by atoms with Gasteiger partial charge in [0.15, 0.2) is 0 Å². The van der Waals surface area contributed by atoms with Gasteiger partial charge in [-0.3, -0.25) is 0 Å². The van der Waals surface area contributed by atoms with Gasteiger partial charge in [-0.1, -0.05) is 0 Å². The Morgan fingerprint density at radius 1 is 1.19 bits per heavy atom. The maximum Gasteiger partial charge on any atom is 0.150 e. The quantitative estimate of drug-likeness (QED) is 0.802. The Hall–Kier alpha value is -1.62. The van der Waals surface area contributed by atoms with Crippen molar-refractivity contribution in [2.75, 3.05) is 38.7 Å². The zero-order chi connectivity index (χ0) is 14.9. The molecule has 0 radical (unpaired) electrons. The first kappa shape index (κ1) is 14.3. The summed E-state index contributed by atoms with van der Waals surface area (Å²) < 4.78 is 5.25. The van der Waals surface area contributed by atoms with Crippen LogP contribution in [0.25, 0.3) is 0 Å². The summed E-state index contributed by atoms with van der Waals surface area (Å²) in [6.45, 7) is 3.34. The fraction of sp³-hybridized carbons (Fsp3) is 0.625. The predicted molar refractivity (Wildman–Crippen MR) is 84.5 cm³/mol. The van der Waals surface area contributed by atoms with Gasteiger partial charge in [0.25, 0.3) is 0 Å². The molecule has 2 heterocycles. The third-order valence-corrected chi connectivity index (χ3v) is 5.27. The van der Waals surface area contributed by atoms with Gasteiger partial charge in [0.1, 0.15) is 11.4 Å². The molecule has 5 nitrogen and oxygen atoms in total. The molecule has 0 amide bonds. The van der Waals surface area contributed by atoms with Crippen molar-refractivity contribution < 1.29 is 4.74 Å². The van der Waals surface area contributed by atoms with Crippen LogP contribution in [0.15, 0.2) is 23.4 Å². The highest BCUT2D eigenvalue weighted by molar-refractivity contribution is 5.62. The second kappa shape index (κ2) is 5.64. The number of nitrogens with zero attached hydrogens (tertiary/aromatic N) is 3. The molecule has 0 aromatic heterocycles. The molecular weight excluding hydrogens is 266 g/mol. The van der Waals surface area contributed by atoms with E-state index < -0.39 is 0 Å². The molecule has 1 aromatic carbocycles. The zero-order valence-electron chi connectivity index (χ0n) is 12.8. The van der Waals surface area contributed by atoms with Crippen molar-refractivity contribution >= 4 is 11.4 Å². The second-order valence-electron chi connectivity index (χ2n) is 6.18. The monoisotopic (exact) mass is 289 g/mol. The van der Waals surface area contributed by atoms with E-state index in [0.717, 1.165) is 18.8 Å². The second-order valence-corrected chi connectivity index (χ2v) is 6.18. The number of hydrogen-bond acceptors (Lipinski definition) is 5. The van der Waals surface area contributed by atoms with Crippen molar-refractivity contribution in [2.24, 2.45) is 5.18 Å². The third-order valence-electron chi connectivity index (χ3n) is 5.27. The lowest BCUT2D eigenvalue weighted by atomic mass is 9.85. The lowest BCUT2D eigenvalue weighted by molar-refractivity contribution is 0.137. The zero-order valence-corrected chi connectivity index (χ0v) is 12.8. The molecule has 0 N–H and O–H groups in total. The summed E-state index contributed by atoms with van der Waals surface area (Å²) in [5.41, 5.74) is 1.91. The molecule has 0 saturated carbocycles. The minimum Gasteiger partial charge on any atom is -0.494 e. The molecule has 0 unspecified atom stereocenters. The molecule has 2 saturated heterocycles. The molecule has 3 rings (SSSR count). The Labute approximate surface area is 125 Å². The van der Waals surface area contributed by atoms with Gasteiger partial charge in [-0.15, -0.1) is 4.91 Å². The van der Waals surface area contributed by atoms with E-state index in [0.29, 0.717) is 17.0 Å².